The first-order valence-electron chi connectivity index (χ1n) is 7.30. The molecule has 24 heavy (non-hydrogen) atoms. The van der Waals surface area contributed by atoms with Crippen LogP contribution in [0.25, 0.3) is 6.08 Å². The number of benzene rings is 2. The van der Waals surface area contributed by atoms with E-state index >= 15 is 0 Å². The van der Waals surface area contributed by atoms with Gasteiger partial charge in [-0.3, -0.25) is 4.79 Å². The van der Waals surface area contributed by atoms with E-state index < -0.39 is 5.91 Å². The number of rotatable bonds is 7. The summed E-state index contributed by atoms with van der Waals surface area (Å²) >= 11 is 11.9. The summed E-state index contributed by atoms with van der Waals surface area (Å²) in [6.07, 6.45) is 2.91. The molecule has 0 saturated carbocycles. The lowest BCUT2D eigenvalue weighted by molar-refractivity contribution is -0.113. The molecule has 0 aliphatic heterocycles. The Balaban J connectivity index is 2.16. The predicted octanol–water partition coefficient (Wildman–Crippen LogP) is 4.47. The van der Waals surface area contributed by atoms with Gasteiger partial charge in [-0.1, -0.05) is 35.3 Å². The highest BCUT2D eigenvalue weighted by molar-refractivity contribution is 6.42. The zero-order valence-electron chi connectivity index (χ0n) is 13.1. The van der Waals surface area contributed by atoms with Crippen LogP contribution in [0.15, 0.2) is 42.5 Å². The first-order valence-corrected chi connectivity index (χ1v) is 8.06. The summed E-state index contributed by atoms with van der Waals surface area (Å²) in [6.45, 7) is 2.70. The van der Waals surface area contributed by atoms with Crippen LogP contribution in [0.1, 0.15) is 18.1 Å². The van der Waals surface area contributed by atoms with Crippen molar-refractivity contribution in [3.8, 4) is 11.5 Å². The lowest BCUT2D eigenvalue weighted by atomic mass is 10.2. The number of hydrogen-bond acceptors (Lipinski definition) is 3. The van der Waals surface area contributed by atoms with Crippen molar-refractivity contribution in [2.45, 2.75) is 13.5 Å². The Kier molecular flexibility index (Phi) is 6.53. The van der Waals surface area contributed by atoms with E-state index in [1.165, 1.54) is 6.08 Å². The lowest BCUT2D eigenvalue weighted by Crippen LogP contribution is -2.05. The molecule has 0 saturated heterocycles. The van der Waals surface area contributed by atoms with Gasteiger partial charge < -0.3 is 15.2 Å². The maximum absolute atomic E-state index is 10.8. The molecule has 0 spiro atoms. The Morgan fingerprint density at radius 1 is 1.08 bits per heavy atom. The molecular weight excluding hydrogens is 349 g/mol. The maximum Gasteiger partial charge on any atom is 0.241 e. The average Bonchev–Trinajstić information content (AvgIpc) is 2.55. The number of primary amides is 1. The van der Waals surface area contributed by atoms with Crippen LogP contribution in [0.2, 0.25) is 10.0 Å². The number of amides is 1. The van der Waals surface area contributed by atoms with E-state index in [0.29, 0.717) is 34.8 Å². The molecule has 0 atom stereocenters. The molecule has 1 amide bonds. The molecule has 4 nitrogen and oxygen atoms in total. The molecule has 2 N–H and O–H groups in total. The summed E-state index contributed by atoms with van der Waals surface area (Å²) in [4.78, 5) is 10.8. The minimum Gasteiger partial charge on any atom is -0.490 e. The first-order chi connectivity index (χ1) is 11.5. The molecule has 126 valence electrons. The van der Waals surface area contributed by atoms with E-state index in [1.807, 2.05) is 19.1 Å². The maximum atomic E-state index is 10.8. The monoisotopic (exact) mass is 365 g/mol. The number of carbonyl (C=O) groups excluding carboxylic acids is 1. The second kappa shape index (κ2) is 8.62. The van der Waals surface area contributed by atoms with Gasteiger partial charge in [-0.2, -0.15) is 0 Å². The fourth-order valence-electron chi connectivity index (χ4n) is 1.98. The smallest absolute Gasteiger partial charge is 0.241 e. The summed E-state index contributed by atoms with van der Waals surface area (Å²) in [6, 6.07) is 10.7. The molecule has 6 heteroatoms. The van der Waals surface area contributed by atoms with Crippen LogP contribution < -0.4 is 15.2 Å². The quantitative estimate of drug-likeness (QED) is 0.736. The normalized spacial score (nSPS) is 10.8. The second-order valence-electron chi connectivity index (χ2n) is 4.91. The summed E-state index contributed by atoms with van der Waals surface area (Å²) < 4.78 is 11.4. The zero-order valence-corrected chi connectivity index (χ0v) is 14.6. The third-order valence-electron chi connectivity index (χ3n) is 3.09. The minimum atomic E-state index is -0.507. The number of ether oxygens (including phenoxy) is 2. The topological polar surface area (TPSA) is 61.5 Å². The highest BCUT2D eigenvalue weighted by atomic mass is 35.5. The van der Waals surface area contributed by atoms with E-state index in [-0.39, 0.29) is 0 Å². The van der Waals surface area contributed by atoms with Gasteiger partial charge in [0.1, 0.15) is 6.61 Å². The van der Waals surface area contributed by atoms with Crippen molar-refractivity contribution in [2.24, 2.45) is 5.73 Å². The van der Waals surface area contributed by atoms with Gasteiger partial charge in [0, 0.05) is 6.08 Å². The number of nitrogens with two attached hydrogens (primary N) is 1. The molecule has 0 unspecified atom stereocenters. The van der Waals surface area contributed by atoms with Gasteiger partial charge in [-0.05, 0) is 48.4 Å². The van der Waals surface area contributed by atoms with E-state index in [0.717, 1.165) is 11.1 Å². The fourth-order valence-corrected chi connectivity index (χ4v) is 2.31. The van der Waals surface area contributed by atoms with E-state index in [9.17, 15) is 4.79 Å². The Bertz CT molecular complexity index is 760. The molecule has 0 radical (unpaired) electrons. The molecule has 0 aliphatic carbocycles. The Morgan fingerprint density at radius 3 is 2.54 bits per heavy atom. The summed E-state index contributed by atoms with van der Waals surface area (Å²) in [5.41, 5.74) is 6.78. The Hall–Kier alpha value is -2.17. The molecule has 0 aromatic heterocycles. The Morgan fingerprint density at radius 2 is 1.88 bits per heavy atom. The summed E-state index contributed by atoms with van der Waals surface area (Å²) in [5.74, 6) is 0.677. The van der Waals surface area contributed by atoms with Gasteiger partial charge in [0.15, 0.2) is 11.5 Å². The van der Waals surface area contributed by atoms with Gasteiger partial charge in [0.2, 0.25) is 5.91 Å². The second-order valence-corrected chi connectivity index (χ2v) is 5.73. The zero-order chi connectivity index (χ0) is 17.5. The first kappa shape index (κ1) is 18.2. The van der Waals surface area contributed by atoms with Crippen LogP contribution in [-0.4, -0.2) is 12.5 Å². The third kappa shape index (κ3) is 5.18. The molecule has 2 aromatic rings. The molecular formula is C18H17Cl2NO3. The summed E-state index contributed by atoms with van der Waals surface area (Å²) in [5, 5.41) is 0.982. The summed E-state index contributed by atoms with van der Waals surface area (Å²) in [7, 11) is 0. The molecule has 0 bridgehead atoms. The molecule has 0 aliphatic rings. The fraction of sp³-hybridized carbons (Fsp3) is 0.167. The van der Waals surface area contributed by atoms with Gasteiger partial charge in [0.05, 0.1) is 16.7 Å². The largest absolute Gasteiger partial charge is 0.490 e. The van der Waals surface area contributed by atoms with Crippen LogP contribution in [-0.2, 0) is 11.4 Å². The SMILES string of the molecule is CCOc1cc(/C=C/C(N)=O)ccc1OCc1ccc(Cl)c(Cl)c1. The number of halogens is 2. The molecule has 2 aromatic carbocycles. The van der Waals surface area contributed by atoms with Crippen molar-refractivity contribution in [3.05, 3.63) is 63.6 Å². The van der Waals surface area contributed by atoms with Crippen LogP contribution in [0.4, 0.5) is 0 Å². The average molecular weight is 366 g/mol. The van der Waals surface area contributed by atoms with Crippen molar-refractivity contribution in [1.29, 1.82) is 0 Å². The minimum absolute atomic E-state index is 0.327. The highest BCUT2D eigenvalue weighted by Gasteiger charge is 2.07. The number of hydrogen-bond donors (Lipinski definition) is 1. The van der Waals surface area contributed by atoms with Gasteiger partial charge in [-0.15, -0.1) is 0 Å². The van der Waals surface area contributed by atoms with E-state index in [1.54, 1.807) is 30.3 Å². The van der Waals surface area contributed by atoms with Crippen molar-refractivity contribution < 1.29 is 14.3 Å². The molecule has 2 rings (SSSR count). The third-order valence-corrected chi connectivity index (χ3v) is 3.83. The van der Waals surface area contributed by atoms with Gasteiger partial charge >= 0.3 is 0 Å². The lowest BCUT2D eigenvalue weighted by Gasteiger charge is -2.13. The number of carbonyl (C=O) groups is 1. The molecule has 0 fully saturated rings. The van der Waals surface area contributed by atoms with Crippen molar-refractivity contribution in [2.75, 3.05) is 6.61 Å². The predicted molar refractivity (Wildman–Crippen MR) is 96.6 cm³/mol. The van der Waals surface area contributed by atoms with Crippen molar-refractivity contribution in [1.82, 2.24) is 0 Å². The van der Waals surface area contributed by atoms with Crippen LogP contribution >= 0.6 is 23.2 Å². The van der Waals surface area contributed by atoms with Gasteiger partial charge in [0.25, 0.3) is 0 Å². The van der Waals surface area contributed by atoms with Gasteiger partial charge in [-0.25, -0.2) is 0 Å². The van der Waals surface area contributed by atoms with Crippen LogP contribution in [0, 0.1) is 0 Å². The standard InChI is InChI=1S/C18H17Cl2NO3/c1-2-23-17-10-12(5-8-18(21)22)4-7-16(17)24-11-13-3-6-14(19)15(20)9-13/h3-10H,2,11H2,1H3,(H2,21,22)/b8-5+. The molecule has 0 heterocycles. The van der Waals surface area contributed by atoms with E-state index in [2.05, 4.69) is 0 Å². The van der Waals surface area contributed by atoms with Crippen LogP contribution in [0.3, 0.4) is 0 Å². The Labute approximate surface area is 150 Å². The van der Waals surface area contributed by atoms with Crippen molar-refractivity contribution in [3.63, 3.8) is 0 Å². The van der Waals surface area contributed by atoms with Crippen LogP contribution in [0.5, 0.6) is 11.5 Å². The van der Waals surface area contributed by atoms with Crippen molar-refractivity contribution >= 4 is 35.2 Å². The van der Waals surface area contributed by atoms with E-state index in [4.69, 9.17) is 38.4 Å². The highest BCUT2D eigenvalue weighted by Crippen LogP contribution is 2.30.